The van der Waals surface area contributed by atoms with Gasteiger partial charge in [0.1, 0.15) is 0 Å². The van der Waals surface area contributed by atoms with E-state index in [9.17, 15) is 0 Å². The van der Waals surface area contributed by atoms with Crippen LogP contribution in [0, 0.1) is 0 Å². The second-order valence-electron chi connectivity index (χ2n) is 2.75. The third-order valence-electron chi connectivity index (χ3n) is 1.79. The van der Waals surface area contributed by atoms with Crippen molar-refractivity contribution >= 4 is 5.69 Å². The number of hydrogen-bond acceptors (Lipinski definition) is 3. The zero-order valence-corrected chi connectivity index (χ0v) is 7.51. The Balaban J connectivity index is 2.59. The molecule has 0 spiro atoms. The van der Waals surface area contributed by atoms with Crippen molar-refractivity contribution < 1.29 is 10.4 Å². The zero-order chi connectivity index (χ0) is 9.68. The summed E-state index contributed by atoms with van der Waals surface area (Å²) in [6.45, 7) is 0.793. The van der Waals surface area contributed by atoms with Crippen molar-refractivity contribution in [1.82, 2.24) is 0 Å². The molecule has 1 aromatic carbocycles. The minimum Gasteiger partial charge on any atom is -0.665 e. The lowest BCUT2D eigenvalue weighted by atomic mass is 10.1. The molecule has 2 N–H and O–H groups in total. The Morgan fingerprint density at radius 1 is 1.23 bits per heavy atom. The quantitative estimate of drug-likeness (QED) is 0.696. The number of rotatable bonds is 4. The third kappa shape index (κ3) is 3.02. The maximum Gasteiger partial charge on any atom is 0.0942 e. The summed E-state index contributed by atoms with van der Waals surface area (Å²) in [6, 6.07) is 6.98. The molecule has 72 valence electrons. The fraction of sp³-hybridized carbons (Fsp3) is 0.333. The number of hydrogen-bond donors (Lipinski definition) is 2. The van der Waals surface area contributed by atoms with Crippen molar-refractivity contribution in [3.8, 4) is 0 Å². The Hall–Kier alpha value is -1.10. The van der Waals surface area contributed by atoms with Crippen LogP contribution >= 0.6 is 0 Å². The summed E-state index contributed by atoms with van der Waals surface area (Å²) in [5, 5.41) is 21.4. The van der Waals surface area contributed by atoms with Crippen LogP contribution in [0.2, 0.25) is 0 Å². The first-order valence-electron chi connectivity index (χ1n) is 4.06. The van der Waals surface area contributed by atoms with E-state index >= 15 is 0 Å². The van der Waals surface area contributed by atoms with E-state index < -0.39 is 0 Å². The average Bonchev–Trinajstić information content (AvgIpc) is 2.15. The molecule has 1 rings (SSSR count). The van der Waals surface area contributed by atoms with E-state index in [1.165, 1.54) is 0 Å². The smallest absolute Gasteiger partial charge is 0.0942 e. The largest absolute Gasteiger partial charge is 0.665 e. The van der Waals surface area contributed by atoms with Gasteiger partial charge < -0.3 is 5.32 Å². The Bertz CT molecular complexity index is 246. The van der Waals surface area contributed by atoms with Crippen molar-refractivity contribution in [2.75, 3.05) is 18.8 Å². The molecule has 0 bridgehead atoms. The number of benzene rings is 1. The Kier molecular flexibility index (Phi) is 3.70. The molecule has 0 aliphatic carbocycles. The molecule has 0 fully saturated rings. The lowest BCUT2D eigenvalue weighted by Crippen LogP contribution is -2.10. The van der Waals surface area contributed by atoms with Gasteiger partial charge in [-0.3, -0.25) is 10.4 Å². The predicted octanol–water partition coefficient (Wildman–Crippen LogP) is 1.82. The van der Waals surface area contributed by atoms with Crippen molar-refractivity contribution in [3.05, 3.63) is 35.1 Å². The number of nitrogens with zero attached hydrogens (tertiary/aromatic N) is 2. The fourth-order valence-corrected chi connectivity index (χ4v) is 1.04. The summed E-state index contributed by atoms with van der Waals surface area (Å²) in [6.07, 6.45) is 0.883. The Morgan fingerprint density at radius 3 is 2.31 bits per heavy atom. The van der Waals surface area contributed by atoms with Crippen LogP contribution in [0.1, 0.15) is 5.56 Å². The normalized spacial score (nSPS) is 10.1. The lowest BCUT2D eigenvalue weighted by Gasteiger charge is -2.11. The van der Waals surface area contributed by atoms with Crippen LogP contribution in [0.25, 0.3) is 5.32 Å². The van der Waals surface area contributed by atoms with Gasteiger partial charge in [-0.25, -0.2) is 0 Å². The van der Waals surface area contributed by atoms with Gasteiger partial charge in [0, 0.05) is 0 Å². The van der Waals surface area contributed by atoms with Gasteiger partial charge in [-0.2, -0.15) is 7.05 Å². The molecule has 0 atom stereocenters. The minimum atomic E-state index is 0.105. The topological polar surface area (TPSA) is 57.8 Å². The first-order valence-corrected chi connectivity index (χ1v) is 4.06. The molecule has 1 aromatic rings. The maximum absolute atomic E-state index is 8.66. The van der Waals surface area contributed by atoms with Crippen LogP contribution in [0.3, 0.4) is 0 Å². The summed E-state index contributed by atoms with van der Waals surface area (Å²) in [5.74, 6) is 0. The van der Waals surface area contributed by atoms with E-state index in [-0.39, 0.29) is 5.23 Å². The monoisotopic (exact) mass is 181 g/mol. The molecule has 0 aliphatic rings. The van der Waals surface area contributed by atoms with Gasteiger partial charge in [0.25, 0.3) is 0 Å². The highest BCUT2D eigenvalue weighted by Gasteiger charge is 1.96. The van der Waals surface area contributed by atoms with E-state index in [1.54, 1.807) is 19.2 Å². The molecule has 0 aromatic heterocycles. The van der Waals surface area contributed by atoms with E-state index in [4.69, 9.17) is 10.4 Å². The average molecular weight is 181 g/mol. The predicted molar refractivity (Wildman–Crippen MR) is 50.3 cm³/mol. The van der Waals surface area contributed by atoms with Crippen molar-refractivity contribution in [2.45, 2.75) is 6.42 Å². The van der Waals surface area contributed by atoms with Gasteiger partial charge >= 0.3 is 0 Å². The van der Waals surface area contributed by atoms with Crippen LogP contribution in [-0.2, 0) is 6.42 Å². The summed E-state index contributed by atoms with van der Waals surface area (Å²) >= 11 is 0. The molecule has 4 heteroatoms. The molecule has 4 nitrogen and oxygen atoms in total. The highest BCUT2D eigenvalue weighted by Crippen LogP contribution is 2.12. The van der Waals surface area contributed by atoms with Gasteiger partial charge in [-0.05, 0) is 24.1 Å². The Labute approximate surface area is 77.3 Å². The molecule has 0 radical (unpaired) electrons. The van der Waals surface area contributed by atoms with Crippen molar-refractivity contribution in [3.63, 3.8) is 0 Å². The molecular formula is C9H13N2O2-. The van der Waals surface area contributed by atoms with Crippen LogP contribution in [-0.4, -0.2) is 24.0 Å². The number of likely N-dealkylation sites (N-methyl/N-ethyl adjacent to an activating group) is 1. The third-order valence-corrected chi connectivity index (χ3v) is 1.79. The first-order chi connectivity index (χ1) is 6.24. The standard InChI is InChI=1S/C9H13N2O2/c1-10-7-6-8-2-4-9(5-3-8)11(12)13/h2-5,12-13H,6-7H2,1H3/q-1. The van der Waals surface area contributed by atoms with Gasteiger partial charge in [-0.1, -0.05) is 12.1 Å². The molecule has 0 aliphatic heterocycles. The second-order valence-corrected chi connectivity index (χ2v) is 2.75. The molecule has 0 saturated heterocycles. The molecule has 0 heterocycles. The lowest BCUT2D eigenvalue weighted by molar-refractivity contribution is 0.0291. The van der Waals surface area contributed by atoms with Crippen molar-refractivity contribution in [1.29, 1.82) is 0 Å². The van der Waals surface area contributed by atoms with Gasteiger partial charge in [-0.15, -0.1) is 11.8 Å². The second kappa shape index (κ2) is 4.81. The fourth-order valence-electron chi connectivity index (χ4n) is 1.04. The highest BCUT2D eigenvalue weighted by molar-refractivity contribution is 5.42. The van der Waals surface area contributed by atoms with Gasteiger partial charge in [0.05, 0.1) is 5.69 Å². The summed E-state index contributed by atoms with van der Waals surface area (Å²) in [5.41, 5.74) is 1.49. The van der Waals surface area contributed by atoms with Crippen LogP contribution in [0.15, 0.2) is 24.3 Å². The Morgan fingerprint density at radius 2 is 1.85 bits per heavy atom. The van der Waals surface area contributed by atoms with E-state index in [0.717, 1.165) is 18.5 Å². The van der Waals surface area contributed by atoms with Gasteiger partial charge in [0.15, 0.2) is 0 Å². The number of anilines is 1. The summed E-state index contributed by atoms with van der Waals surface area (Å²) in [7, 11) is 1.78. The van der Waals surface area contributed by atoms with Gasteiger partial charge in [0.2, 0.25) is 0 Å². The first kappa shape index (κ1) is 9.98. The minimum absolute atomic E-state index is 0.105. The van der Waals surface area contributed by atoms with E-state index in [0.29, 0.717) is 5.69 Å². The molecular weight excluding hydrogens is 168 g/mol. The van der Waals surface area contributed by atoms with Crippen LogP contribution in [0.5, 0.6) is 0 Å². The van der Waals surface area contributed by atoms with E-state index in [2.05, 4.69) is 5.32 Å². The zero-order valence-electron chi connectivity index (χ0n) is 7.51. The summed E-state index contributed by atoms with van der Waals surface area (Å²) < 4.78 is 0. The van der Waals surface area contributed by atoms with Crippen LogP contribution in [0.4, 0.5) is 5.69 Å². The molecule has 0 unspecified atom stereocenters. The SMILES string of the molecule is C[N-]CCc1ccc(N(O)O)cc1. The molecule has 0 amide bonds. The van der Waals surface area contributed by atoms with Crippen LogP contribution < -0.4 is 5.23 Å². The van der Waals surface area contributed by atoms with E-state index in [1.807, 2.05) is 12.1 Å². The summed E-state index contributed by atoms with van der Waals surface area (Å²) in [4.78, 5) is 0. The van der Waals surface area contributed by atoms with Crippen molar-refractivity contribution in [2.24, 2.45) is 0 Å². The maximum atomic E-state index is 8.66. The molecule has 13 heavy (non-hydrogen) atoms. The highest BCUT2D eigenvalue weighted by atomic mass is 16.8. The molecule has 0 saturated carbocycles.